The zero-order chi connectivity index (χ0) is 12.4. The van der Waals surface area contributed by atoms with Crippen LogP contribution in [0.15, 0.2) is 24.3 Å². The molecule has 0 bridgehead atoms. The topological polar surface area (TPSA) is 40.5 Å². The standard InChI is InChI=1S/C13H16INO2/c1-9-6-15(8-12(9)13(16)17)7-10-2-4-11(14)5-3-10/h2-5,9,12H,6-8H2,1H3,(H,16,17). The van der Waals surface area contributed by atoms with Crippen molar-refractivity contribution < 1.29 is 9.90 Å². The molecule has 1 heterocycles. The van der Waals surface area contributed by atoms with Gasteiger partial charge in [-0.1, -0.05) is 19.1 Å². The van der Waals surface area contributed by atoms with Crippen molar-refractivity contribution in [2.24, 2.45) is 11.8 Å². The number of likely N-dealkylation sites (tertiary alicyclic amines) is 1. The van der Waals surface area contributed by atoms with Crippen molar-refractivity contribution >= 4 is 28.6 Å². The van der Waals surface area contributed by atoms with Gasteiger partial charge in [0.05, 0.1) is 5.92 Å². The van der Waals surface area contributed by atoms with Crippen molar-refractivity contribution in [1.29, 1.82) is 0 Å². The van der Waals surface area contributed by atoms with Crippen LogP contribution >= 0.6 is 22.6 Å². The predicted octanol–water partition coefficient (Wildman–Crippen LogP) is 2.44. The lowest BCUT2D eigenvalue weighted by Gasteiger charge is -2.15. The number of carboxylic acids is 1. The van der Waals surface area contributed by atoms with Crippen molar-refractivity contribution in [3.8, 4) is 0 Å². The van der Waals surface area contributed by atoms with Crippen molar-refractivity contribution in [2.75, 3.05) is 13.1 Å². The lowest BCUT2D eigenvalue weighted by Crippen LogP contribution is -2.23. The summed E-state index contributed by atoms with van der Waals surface area (Å²) in [6.07, 6.45) is 0. The molecule has 1 aliphatic heterocycles. The van der Waals surface area contributed by atoms with Crippen LogP contribution in [0.5, 0.6) is 0 Å². The molecule has 0 aromatic heterocycles. The number of hydrogen-bond acceptors (Lipinski definition) is 2. The van der Waals surface area contributed by atoms with E-state index in [1.54, 1.807) is 0 Å². The minimum absolute atomic E-state index is 0.209. The number of halogens is 1. The highest BCUT2D eigenvalue weighted by Crippen LogP contribution is 2.24. The van der Waals surface area contributed by atoms with Gasteiger partial charge < -0.3 is 5.11 Å². The molecule has 1 aliphatic rings. The van der Waals surface area contributed by atoms with Gasteiger partial charge in [-0.2, -0.15) is 0 Å². The summed E-state index contributed by atoms with van der Waals surface area (Å²) < 4.78 is 1.23. The van der Waals surface area contributed by atoms with Crippen LogP contribution in [0, 0.1) is 15.4 Å². The van der Waals surface area contributed by atoms with E-state index >= 15 is 0 Å². The molecule has 1 aromatic rings. The van der Waals surface area contributed by atoms with E-state index in [1.807, 2.05) is 6.92 Å². The maximum Gasteiger partial charge on any atom is 0.308 e. The normalized spacial score (nSPS) is 25.1. The Morgan fingerprint density at radius 1 is 1.41 bits per heavy atom. The largest absolute Gasteiger partial charge is 0.481 e. The van der Waals surface area contributed by atoms with Gasteiger partial charge in [0.1, 0.15) is 0 Å². The highest BCUT2D eigenvalue weighted by atomic mass is 127. The maximum absolute atomic E-state index is 11.0. The Morgan fingerprint density at radius 3 is 2.59 bits per heavy atom. The summed E-state index contributed by atoms with van der Waals surface area (Å²) in [7, 11) is 0. The molecule has 0 spiro atoms. The van der Waals surface area contributed by atoms with Gasteiger partial charge in [0.25, 0.3) is 0 Å². The summed E-state index contributed by atoms with van der Waals surface area (Å²) in [5.74, 6) is -0.627. The molecule has 0 saturated carbocycles. The molecular formula is C13H16INO2. The first kappa shape index (κ1) is 12.8. The maximum atomic E-state index is 11.0. The SMILES string of the molecule is CC1CN(Cc2ccc(I)cc2)CC1C(=O)O. The first-order chi connectivity index (χ1) is 8.06. The Morgan fingerprint density at radius 2 is 2.06 bits per heavy atom. The Balaban J connectivity index is 1.97. The molecule has 2 unspecified atom stereocenters. The third-order valence-corrected chi connectivity index (χ3v) is 4.04. The highest BCUT2D eigenvalue weighted by Gasteiger charge is 2.34. The molecule has 92 valence electrons. The van der Waals surface area contributed by atoms with E-state index in [4.69, 9.17) is 5.11 Å². The van der Waals surface area contributed by atoms with Gasteiger partial charge >= 0.3 is 5.97 Å². The summed E-state index contributed by atoms with van der Waals surface area (Å²) in [5, 5.41) is 9.08. The van der Waals surface area contributed by atoms with Crippen LogP contribution in [0.25, 0.3) is 0 Å². The van der Waals surface area contributed by atoms with Gasteiger partial charge in [-0.25, -0.2) is 0 Å². The Kier molecular flexibility index (Phi) is 4.04. The average molecular weight is 345 g/mol. The zero-order valence-corrected chi connectivity index (χ0v) is 11.9. The van der Waals surface area contributed by atoms with Crippen LogP contribution in [-0.4, -0.2) is 29.1 Å². The quantitative estimate of drug-likeness (QED) is 0.856. The van der Waals surface area contributed by atoms with Crippen molar-refractivity contribution in [2.45, 2.75) is 13.5 Å². The van der Waals surface area contributed by atoms with Gasteiger partial charge in [-0.05, 0) is 46.2 Å². The fourth-order valence-electron chi connectivity index (χ4n) is 2.37. The molecule has 2 rings (SSSR count). The summed E-state index contributed by atoms with van der Waals surface area (Å²) in [6.45, 7) is 4.42. The molecular weight excluding hydrogens is 329 g/mol. The van der Waals surface area contributed by atoms with E-state index < -0.39 is 5.97 Å². The summed E-state index contributed by atoms with van der Waals surface area (Å²) in [6, 6.07) is 8.40. The lowest BCUT2D eigenvalue weighted by molar-refractivity contribution is -0.142. The first-order valence-electron chi connectivity index (χ1n) is 5.76. The van der Waals surface area contributed by atoms with E-state index in [1.165, 1.54) is 9.13 Å². The average Bonchev–Trinajstić information content (AvgIpc) is 2.63. The number of aliphatic carboxylic acids is 1. The third kappa shape index (κ3) is 3.19. The molecule has 1 N–H and O–H groups in total. The first-order valence-corrected chi connectivity index (χ1v) is 6.83. The van der Waals surface area contributed by atoms with Crippen molar-refractivity contribution in [3.63, 3.8) is 0 Å². The van der Waals surface area contributed by atoms with E-state index in [0.29, 0.717) is 6.54 Å². The van der Waals surface area contributed by atoms with Gasteiger partial charge in [-0.3, -0.25) is 9.69 Å². The van der Waals surface area contributed by atoms with E-state index in [9.17, 15) is 4.79 Å². The summed E-state index contributed by atoms with van der Waals surface area (Å²) >= 11 is 2.28. The smallest absolute Gasteiger partial charge is 0.308 e. The molecule has 17 heavy (non-hydrogen) atoms. The van der Waals surface area contributed by atoms with Gasteiger partial charge in [0.2, 0.25) is 0 Å². The van der Waals surface area contributed by atoms with Gasteiger partial charge in [-0.15, -0.1) is 0 Å². The van der Waals surface area contributed by atoms with Crippen molar-refractivity contribution in [1.82, 2.24) is 4.90 Å². The fraction of sp³-hybridized carbons (Fsp3) is 0.462. The van der Waals surface area contributed by atoms with E-state index in [-0.39, 0.29) is 11.8 Å². The second-order valence-electron chi connectivity index (χ2n) is 4.74. The minimum atomic E-state index is -0.664. The molecule has 1 saturated heterocycles. The van der Waals surface area contributed by atoms with Crippen LogP contribution in [0.4, 0.5) is 0 Å². The number of rotatable bonds is 3. The lowest BCUT2D eigenvalue weighted by atomic mass is 9.99. The molecule has 0 aliphatic carbocycles. The Labute approximate surface area is 115 Å². The molecule has 4 heteroatoms. The molecule has 0 radical (unpaired) electrons. The molecule has 2 atom stereocenters. The zero-order valence-electron chi connectivity index (χ0n) is 9.77. The van der Waals surface area contributed by atoms with Crippen molar-refractivity contribution in [3.05, 3.63) is 33.4 Å². The number of carbonyl (C=O) groups is 1. The molecule has 1 fully saturated rings. The van der Waals surface area contributed by atoms with Crippen LogP contribution in [-0.2, 0) is 11.3 Å². The van der Waals surface area contributed by atoms with Crippen LogP contribution in [0.3, 0.4) is 0 Å². The number of carboxylic acid groups (broad SMARTS) is 1. The number of hydrogen-bond donors (Lipinski definition) is 1. The van der Waals surface area contributed by atoms with Crippen LogP contribution in [0.2, 0.25) is 0 Å². The number of benzene rings is 1. The monoisotopic (exact) mass is 345 g/mol. The second-order valence-corrected chi connectivity index (χ2v) is 5.99. The van der Waals surface area contributed by atoms with Crippen LogP contribution < -0.4 is 0 Å². The van der Waals surface area contributed by atoms with E-state index in [0.717, 1.165) is 13.1 Å². The molecule has 1 aromatic carbocycles. The van der Waals surface area contributed by atoms with E-state index in [2.05, 4.69) is 51.8 Å². The second kappa shape index (κ2) is 5.35. The molecule has 3 nitrogen and oxygen atoms in total. The fourth-order valence-corrected chi connectivity index (χ4v) is 2.73. The third-order valence-electron chi connectivity index (χ3n) is 3.32. The van der Waals surface area contributed by atoms with Gasteiger partial charge in [0.15, 0.2) is 0 Å². The number of nitrogens with zero attached hydrogens (tertiary/aromatic N) is 1. The minimum Gasteiger partial charge on any atom is -0.481 e. The Bertz CT molecular complexity index is 404. The molecule has 0 amide bonds. The van der Waals surface area contributed by atoms with Gasteiger partial charge in [0, 0.05) is 23.2 Å². The summed E-state index contributed by atoms with van der Waals surface area (Å²) in [5.41, 5.74) is 1.25. The predicted molar refractivity (Wildman–Crippen MR) is 74.7 cm³/mol. The summed E-state index contributed by atoms with van der Waals surface area (Å²) in [4.78, 5) is 13.3. The highest BCUT2D eigenvalue weighted by molar-refractivity contribution is 14.1. The van der Waals surface area contributed by atoms with Crippen LogP contribution in [0.1, 0.15) is 12.5 Å². The Hall–Kier alpha value is -0.620.